The highest BCUT2D eigenvalue weighted by Crippen LogP contribution is 2.24. The van der Waals surface area contributed by atoms with Gasteiger partial charge in [0, 0.05) is 11.1 Å². The Balaban J connectivity index is 1.69. The normalized spacial score (nSPS) is 11.3. The SMILES string of the molecule is CCCCc1ccc(Nn2cnc3ccc4nc(C)ccc4c32)cc1. The number of nitrogens with one attached hydrogen (secondary N) is 1. The van der Waals surface area contributed by atoms with Gasteiger partial charge in [0.1, 0.15) is 6.33 Å². The fourth-order valence-corrected chi connectivity index (χ4v) is 3.16. The molecule has 4 aromatic rings. The number of pyridine rings is 1. The van der Waals surface area contributed by atoms with E-state index in [1.807, 2.05) is 36.1 Å². The molecule has 0 radical (unpaired) electrons. The Kier molecular flexibility index (Phi) is 4.10. The predicted octanol–water partition coefficient (Wildman–Crippen LogP) is 5.11. The van der Waals surface area contributed by atoms with Gasteiger partial charge in [-0.2, -0.15) is 0 Å². The second-order valence-corrected chi connectivity index (χ2v) is 6.48. The Bertz CT molecular complexity index is 1020. The van der Waals surface area contributed by atoms with Gasteiger partial charge in [0.2, 0.25) is 0 Å². The average molecular weight is 330 g/mol. The van der Waals surface area contributed by atoms with Crippen LogP contribution in [0.4, 0.5) is 5.69 Å². The summed E-state index contributed by atoms with van der Waals surface area (Å²) in [5.74, 6) is 0. The Morgan fingerprint density at radius 2 is 1.76 bits per heavy atom. The van der Waals surface area contributed by atoms with Crippen LogP contribution < -0.4 is 5.43 Å². The van der Waals surface area contributed by atoms with Gasteiger partial charge in [-0.3, -0.25) is 10.4 Å². The van der Waals surface area contributed by atoms with Crippen molar-refractivity contribution in [3.8, 4) is 0 Å². The number of aromatic nitrogens is 3. The van der Waals surface area contributed by atoms with Gasteiger partial charge in [-0.05, 0) is 61.7 Å². The summed E-state index contributed by atoms with van der Waals surface area (Å²) in [5.41, 5.74) is 9.91. The summed E-state index contributed by atoms with van der Waals surface area (Å²) in [7, 11) is 0. The maximum Gasteiger partial charge on any atom is 0.116 e. The molecule has 0 atom stereocenters. The van der Waals surface area contributed by atoms with Crippen molar-refractivity contribution in [1.82, 2.24) is 14.6 Å². The lowest BCUT2D eigenvalue weighted by Crippen LogP contribution is -2.07. The van der Waals surface area contributed by atoms with Gasteiger partial charge in [0.25, 0.3) is 0 Å². The first-order chi connectivity index (χ1) is 12.2. The minimum atomic E-state index is 0.963. The third-order valence-electron chi connectivity index (χ3n) is 4.54. The van der Waals surface area contributed by atoms with E-state index in [-0.39, 0.29) is 0 Å². The second-order valence-electron chi connectivity index (χ2n) is 6.48. The van der Waals surface area contributed by atoms with Crippen molar-refractivity contribution in [1.29, 1.82) is 0 Å². The number of fused-ring (bicyclic) bond motifs is 3. The van der Waals surface area contributed by atoms with E-state index < -0.39 is 0 Å². The summed E-state index contributed by atoms with van der Waals surface area (Å²) < 4.78 is 1.98. The zero-order valence-corrected chi connectivity index (χ0v) is 14.7. The van der Waals surface area contributed by atoms with Crippen LogP contribution in [0.3, 0.4) is 0 Å². The Hall–Kier alpha value is -2.88. The van der Waals surface area contributed by atoms with E-state index in [9.17, 15) is 0 Å². The van der Waals surface area contributed by atoms with Crippen LogP contribution in [-0.2, 0) is 6.42 Å². The van der Waals surface area contributed by atoms with Gasteiger partial charge in [-0.1, -0.05) is 25.5 Å². The van der Waals surface area contributed by atoms with Crippen LogP contribution in [0.5, 0.6) is 0 Å². The van der Waals surface area contributed by atoms with Crippen molar-refractivity contribution in [3.05, 3.63) is 66.1 Å². The van der Waals surface area contributed by atoms with Crippen molar-refractivity contribution < 1.29 is 0 Å². The molecule has 4 heteroatoms. The number of anilines is 1. The maximum atomic E-state index is 4.62. The number of benzene rings is 2. The van der Waals surface area contributed by atoms with Gasteiger partial charge in [-0.25, -0.2) is 9.66 Å². The number of imidazole rings is 1. The number of unbranched alkanes of at least 4 members (excludes halogenated alkanes) is 1. The largest absolute Gasteiger partial charge is 0.293 e. The summed E-state index contributed by atoms with van der Waals surface area (Å²) in [6.07, 6.45) is 5.42. The van der Waals surface area contributed by atoms with Crippen molar-refractivity contribution in [2.45, 2.75) is 33.1 Å². The first kappa shape index (κ1) is 15.6. The molecule has 1 N–H and O–H groups in total. The lowest BCUT2D eigenvalue weighted by molar-refractivity contribution is 0.795. The van der Waals surface area contributed by atoms with Crippen LogP contribution in [0.25, 0.3) is 21.9 Å². The van der Waals surface area contributed by atoms with E-state index in [2.05, 4.69) is 52.6 Å². The molecule has 0 saturated heterocycles. The van der Waals surface area contributed by atoms with Crippen LogP contribution >= 0.6 is 0 Å². The monoisotopic (exact) mass is 330 g/mol. The van der Waals surface area contributed by atoms with E-state index in [4.69, 9.17) is 0 Å². The van der Waals surface area contributed by atoms with Crippen LogP contribution in [-0.4, -0.2) is 14.6 Å². The van der Waals surface area contributed by atoms with E-state index in [1.165, 1.54) is 18.4 Å². The van der Waals surface area contributed by atoms with Crippen LogP contribution in [0.2, 0.25) is 0 Å². The molecule has 0 aliphatic heterocycles. The molecule has 2 aromatic heterocycles. The molecular weight excluding hydrogens is 308 g/mol. The smallest absolute Gasteiger partial charge is 0.116 e. The third kappa shape index (κ3) is 3.07. The fourth-order valence-electron chi connectivity index (χ4n) is 3.16. The molecule has 2 aromatic carbocycles. The highest BCUT2D eigenvalue weighted by atomic mass is 15.4. The molecular formula is C21H22N4. The average Bonchev–Trinajstić information content (AvgIpc) is 3.04. The molecule has 2 heterocycles. The number of aryl methyl sites for hydroxylation is 2. The molecule has 0 saturated carbocycles. The number of hydrogen-bond acceptors (Lipinski definition) is 3. The minimum absolute atomic E-state index is 0.963. The first-order valence-corrected chi connectivity index (χ1v) is 8.84. The molecule has 0 bridgehead atoms. The van der Waals surface area contributed by atoms with Crippen molar-refractivity contribution >= 4 is 27.6 Å². The van der Waals surface area contributed by atoms with Crippen LogP contribution in [0.15, 0.2) is 54.9 Å². The number of nitrogens with zero attached hydrogens (tertiary/aromatic N) is 3. The standard InChI is InChI=1S/C21H22N4/c1-3-4-5-16-7-9-17(10-8-16)24-25-14-22-20-13-12-19-18(21(20)25)11-6-15(2)23-19/h6-14,24H,3-5H2,1-2H3. The molecule has 4 rings (SSSR count). The summed E-state index contributed by atoms with van der Waals surface area (Å²) in [4.78, 5) is 9.14. The van der Waals surface area contributed by atoms with Crippen molar-refractivity contribution in [2.75, 3.05) is 5.43 Å². The Labute approximate surface area is 147 Å². The molecule has 0 fully saturated rings. The maximum absolute atomic E-state index is 4.62. The summed E-state index contributed by atoms with van der Waals surface area (Å²) in [5, 5.41) is 1.10. The van der Waals surface area contributed by atoms with Crippen LogP contribution in [0.1, 0.15) is 31.0 Å². The topological polar surface area (TPSA) is 42.7 Å². The van der Waals surface area contributed by atoms with E-state index in [0.717, 1.165) is 39.7 Å². The molecule has 0 amide bonds. The van der Waals surface area contributed by atoms with E-state index in [1.54, 1.807) is 0 Å². The van der Waals surface area contributed by atoms with E-state index >= 15 is 0 Å². The Morgan fingerprint density at radius 1 is 0.960 bits per heavy atom. The number of rotatable bonds is 5. The summed E-state index contributed by atoms with van der Waals surface area (Å²) >= 11 is 0. The molecule has 0 unspecified atom stereocenters. The zero-order chi connectivity index (χ0) is 17.2. The highest BCUT2D eigenvalue weighted by Gasteiger charge is 2.08. The molecule has 126 valence electrons. The number of hydrogen-bond donors (Lipinski definition) is 1. The highest BCUT2D eigenvalue weighted by molar-refractivity contribution is 6.03. The molecule has 25 heavy (non-hydrogen) atoms. The van der Waals surface area contributed by atoms with Gasteiger partial charge in [0.15, 0.2) is 0 Å². The van der Waals surface area contributed by atoms with Crippen molar-refractivity contribution in [3.63, 3.8) is 0 Å². The minimum Gasteiger partial charge on any atom is -0.293 e. The Morgan fingerprint density at radius 3 is 2.56 bits per heavy atom. The lowest BCUT2D eigenvalue weighted by atomic mass is 10.1. The first-order valence-electron chi connectivity index (χ1n) is 8.84. The molecule has 4 nitrogen and oxygen atoms in total. The van der Waals surface area contributed by atoms with Gasteiger partial charge >= 0.3 is 0 Å². The van der Waals surface area contributed by atoms with Gasteiger partial charge < -0.3 is 0 Å². The second kappa shape index (κ2) is 6.55. The fraction of sp³-hybridized carbons (Fsp3) is 0.238. The van der Waals surface area contributed by atoms with Crippen LogP contribution in [0, 0.1) is 6.92 Å². The summed E-state index contributed by atoms with van der Waals surface area (Å²) in [6.45, 7) is 4.24. The van der Waals surface area contributed by atoms with Crippen molar-refractivity contribution in [2.24, 2.45) is 0 Å². The molecule has 0 aliphatic rings. The predicted molar refractivity (Wildman–Crippen MR) is 104 cm³/mol. The van der Waals surface area contributed by atoms with Gasteiger partial charge in [0.05, 0.1) is 22.2 Å². The quantitative estimate of drug-likeness (QED) is 0.553. The van der Waals surface area contributed by atoms with E-state index in [0.29, 0.717) is 0 Å². The molecule has 0 aliphatic carbocycles. The summed E-state index contributed by atoms with van der Waals surface area (Å²) in [6, 6.07) is 16.9. The lowest BCUT2D eigenvalue weighted by Gasteiger charge is -2.11. The third-order valence-corrected chi connectivity index (χ3v) is 4.54. The molecule has 0 spiro atoms. The zero-order valence-electron chi connectivity index (χ0n) is 14.7. The van der Waals surface area contributed by atoms with Gasteiger partial charge in [-0.15, -0.1) is 0 Å².